The van der Waals surface area contributed by atoms with Crippen molar-refractivity contribution in [2.45, 2.75) is 5.92 Å². The molecule has 0 unspecified atom stereocenters. The molecule has 1 heterocycles. The fourth-order valence-electron chi connectivity index (χ4n) is 3.46. The third-order valence-electron chi connectivity index (χ3n) is 4.76. The molecular weight excluding hydrogens is 390 g/mol. The minimum Gasteiger partial charge on any atom is -0.477 e. The van der Waals surface area contributed by atoms with Crippen molar-refractivity contribution in [2.75, 3.05) is 30.9 Å². The van der Waals surface area contributed by atoms with Gasteiger partial charge in [0.25, 0.3) is 0 Å². The van der Waals surface area contributed by atoms with Crippen LogP contribution < -0.4 is 10.2 Å². The van der Waals surface area contributed by atoms with Gasteiger partial charge in [-0.05, 0) is 22.3 Å². The highest BCUT2D eigenvalue weighted by molar-refractivity contribution is 7.18. The Morgan fingerprint density at radius 1 is 1.10 bits per heavy atom. The van der Waals surface area contributed by atoms with Gasteiger partial charge < -0.3 is 14.7 Å². The number of nitrogens with one attached hydrogen (secondary N) is 1. The van der Waals surface area contributed by atoms with E-state index in [0.29, 0.717) is 5.13 Å². The average Bonchev–Trinajstić information content (AvgIpc) is 3.26. The van der Waals surface area contributed by atoms with E-state index in [1.165, 1.54) is 0 Å². The largest absolute Gasteiger partial charge is 0.477 e. The maximum Gasteiger partial charge on any atom is 0.412 e. The number of carboxylic acid groups (broad SMARTS) is 1. The van der Waals surface area contributed by atoms with Crippen LogP contribution in [-0.4, -0.2) is 42.9 Å². The highest BCUT2D eigenvalue weighted by Crippen LogP contribution is 2.44. The number of rotatable bonds is 5. The molecule has 2 N–H and O–H groups in total. The highest BCUT2D eigenvalue weighted by atomic mass is 32.1. The Morgan fingerprint density at radius 3 is 2.24 bits per heavy atom. The SMILES string of the molecule is CN(C)c1nc(NC(=O)OCC2c3ccccc3-c3ccccc32)c(C(=O)O)s1. The lowest BCUT2D eigenvalue weighted by Crippen LogP contribution is -2.19. The first-order valence-electron chi connectivity index (χ1n) is 8.99. The zero-order valence-electron chi connectivity index (χ0n) is 15.9. The Hall–Kier alpha value is -3.39. The molecule has 0 spiro atoms. The van der Waals surface area contributed by atoms with Gasteiger partial charge in [-0.3, -0.25) is 5.32 Å². The summed E-state index contributed by atoms with van der Waals surface area (Å²) in [7, 11) is 3.50. The number of fused-ring (bicyclic) bond motifs is 3. The molecule has 0 fully saturated rings. The van der Waals surface area contributed by atoms with E-state index in [-0.39, 0.29) is 23.2 Å². The van der Waals surface area contributed by atoms with Gasteiger partial charge in [-0.2, -0.15) is 0 Å². The van der Waals surface area contributed by atoms with Crippen LogP contribution in [0.1, 0.15) is 26.7 Å². The zero-order valence-corrected chi connectivity index (χ0v) is 16.7. The minimum atomic E-state index is -1.15. The summed E-state index contributed by atoms with van der Waals surface area (Å²) >= 11 is 0.987. The molecule has 0 saturated carbocycles. The van der Waals surface area contributed by atoms with Gasteiger partial charge in [-0.1, -0.05) is 59.9 Å². The van der Waals surface area contributed by atoms with Crippen molar-refractivity contribution in [3.8, 4) is 11.1 Å². The number of nitrogens with zero attached hydrogens (tertiary/aromatic N) is 2. The first-order chi connectivity index (χ1) is 14.0. The van der Waals surface area contributed by atoms with Crippen LogP contribution in [0.15, 0.2) is 48.5 Å². The van der Waals surface area contributed by atoms with E-state index in [1.54, 1.807) is 19.0 Å². The number of anilines is 2. The molecule has 7 nitrogen and oxygen atoms in total. The van der Waals surface area contributed by atoms with Crippen LogP contribution in [0.2, 0.25) is 0 Å². The quantitative estimate of drug-likeness (QED) is 0.654. The summed E-state index contributed by atoms with van der Waals surface area (Å²) in [6, 6.07) is 16.1. The number of thiazole rings is 1. The number of ether oxygens (including phenoxy) is 1. The average molecular weight is 409 g/mol. The maximum atomic E-state index is 12.4. The summed E-state index contributed by atoms with van der Waals surface area (Å²) < 4.78 is 5.46. The van der Waals surface area contributed by atoms with E-state index in [4.69, 9.17) is 4.74 Å². The first kappa shape index (κ1) is 18.9. The van der Waals surface area contributed by atoms with Gasteiger partial charge in [-0.25, -0.2) is 14.6 Å². The summed E-state index contributed by atoms with van der Waals surface area (Å²) in [5, 5.41) is 12.3. The Morgan fingerprint density at radius 2 is 1.69 bits per heavy atom. The van der Waals surface area contributed by atoms with Gasteiger partial charge in [0.2, 0.25) is 0 Å². The summed E-state index contributed by atoms with van der Waals surface area (Å²) in [6.07, 6.45) is -0.732. The van der Waals surface area contributed by atoms with Crippen molar-refractivity contribution < 1.29 is 19.4 Å². The number of hydrogen-bond donors (Lipinski definition) is 2. The third kappa shape index (κ3) is 3.54. The normalized spacial score (nSPS) is 12.2. The van der Waals surface area contributed by atoms with Gasteiger partial charge in [0, 0.05) is 20.0 Å². The predicted molar refractivity (Wildman–Crippen MR) is 112 cm³/mol. The molecule has 1 aliphatic rings. The maximum absolute atomic E-state index is 12.4. The summed E-state index contributed by atoms with van der Waals surface area (Å²) in [4.78, 5) is 29.6. The molecule has 1 aliphatic carbocycles. The molecule has 0 radical (unpaired) electrons. The van der Waals surface area contributed by atoms with E-state index >= 15 is 0 Å². The van der Waals surface area contributed by atoms with Gasteiger partial charge >= 0.3 is 12.1 Å². The Kier molecular flexibility index (Phi) is 4.94. The molecular formula is C21H19N3O4S. The smallest absolute Gasteiger partial charge is 0.412 e. The van der Waals surface area contributed by atoms with Crippen molar-refractivity contribution in [3.63, 3.8) is 0 Å². The van der Waals surface area contributed by atoms with Gasteiger partial charge in [0.05, 0.1) is 0 Å². The molecule has 1 aromatic heterocycles. The van der Waals surface area contributed by atoms with E-state index < -0.39 is 12.1 Å². The number of carbonyl (C=O) groups is 2. The molecule has 0 saturated heterocycles. The lowest BCUT2D eigenvalue weighted by molar-refractivity contribution is 0.0703. The van der Waals surface area contributed by atoms with E-state index in [1.807, 2.05) is 36.4 Å². The Labute approximate surface area is 171 Å². The predicted octanol–water partition coefficient (Wildman–Crippen LogP) is 4.27. The van der Waals surface area contributed by atoms with Crippen molar-refractivity contribution >= 4 is 34.3 Å². The second-order valence-electron chi connectivity index (χ2n) is 6.82. The van der Waals surface area contributed by atoms with E-state index in [2.05, 4.69) is 22.4 Å². The molecule has 148 valence electrons. The molecule has 0 atom stereocenters. The molecule has 0 aliphatic heterocycles. The van der Waals surface area contributed by atoms with Crippen molar-refractivity contribution in [2.24, 2.45) is 0 Å². The number of aromatic nitrogens is 1. The van der Waals surface area contributed by atoms with E-state index in [0.717, 1.165) is 33.6 Å². The first-order valence-corrected chi connectivity index (χ1v) is 9.80. The number of carboxylic acids is 1. The Bertz CT molecular complexity index is 1050. The fraction of sp³-hybridized carbons (Fsp3) is 0.190. The standard InChI is InChI=1S/C21H19N3O4S/c1-24(2)20-22-18(17(29-20)19(25)26)23-21(27)28-11-16-14-9-5-3-7-12(14)13-8-4-6-10-15(13)16/h3-10,16H,11H2,1-2H3,(H,23,27)(H,25,26). The van der Waals surface area contributed by atoms with Gasteiger partial charge in [-0.15, -0.1) is 0 Å². The minimum absolute atomic E-state index is 0.0107. The highest BCUT2D eigenvalue weighted by Gasteiger charge is 2.29. The second kappa shape index (κ2) is 7.56. The van der Waals surface area contributed by atoms with Crippen LogP contribution in [-0.2, 0) is 4.74 Å². The van der Waals surface area contributed by atoms with Crippen molar-refractivity contribution in [3.05, 3.63) is 64.5 Å². The molecule has 3 aromatic rings. The number of benzene rings is 2. The lowest BCUT2D eigenvalue weighted by Gasteiger charge is -2.14. The molecule has 2 aromatic carbocycles. The number of carbonyl (C=O) groups excluding carboxylic acids is 1. The number of amides is 1. The van der Waals surface area contributed by atoms with Crippen molar-refractivity contribution in [1.29, 1.82) is 0 Å². The second-order valence-corrected chi connectivity index (χ2v) is 7.80. The van der Waals surface area contributed by atoms with Crippen LogP contribution in [0.25, 0.3) is 11.1 Å². The summed E-state index contributed by atoms with van der Waals surface area (Å²) in [5.74, 6) is -1.23. The number of hydrogen-bond acceptors (Lipinski definition) is 6. The van der Waals surface area contributed by atoms with Crippen molar-refractivity contribution in [1.82, 2.24) is 4.98 Å². The summed E-state index contributed by atoms with van der Waals surface area (Å²) in [6.45, 7) is 0.146. The molecule has 29 heavy (non-hydrogen) atoms. The molecule has 1 amide bonds. The van der Waals surface area contributed by atoms with Crippen LogP contribution in [0.3, 0.4) is 0 Å². The van der Waals surface area contributed by atoms with Gasteiger partial charge in [0.15, 0.2) is 15.8 Å². The summed E-state index contributed by atoms with van der Waals surface area (Å²) in [5.41, 5.74) is 4.49. The van der Waals surface area contributed by atoms with Crippen LogP contribution in [0.5, 0.6) is 0 Å². The fourth-order valence-corrected chi connectivity index (χ4v) is 4.24. The topological polar surface area (TPSA) is 91.8 Å². The van der Waals surface area contributed by atoms with E-state index in [9.17, 15) is 14.7 Å². The zero-order chi connectivity index (χ0) is 20.5. The van der Waals surface area contributed by atoms with Gasteiger partial charge in [0.1, 0.15) is 6.61 Å². The Balaban J connectivity index is 1.51. The lowest BCUT2D eigenvalue weighted by atomic mass is 9.98. The molecule has 4 rings (SSSR count). The third-order valence-corrected chi connectivity index (χ3v) is 5.97. The monoisotopic (exact) mass is 409 g/mol. The van der Waals surface area contributed by atoms with Crippen LogP contribution in [0.4, 0.5) is 15.7 Å². The molecule has 8 heteroatoms. The van der Waals surface area contributed by atoms with Crippen LogP contribution >= 0.6 is 11.3 Å². The molecule has 0 bridgehead atoms. The van der Waals surface area contributed by atoms with Crippen LogP contribution in [0, 0.1) is 0 Å². The number of aromatic carboxylic acids is 1.